The van der Waals surface area contributed by atoms with E-state index in [0.29, 0.717) is 11.8 Å². The summed E-state index contributed by atoms with van der Waals surface area (Å²) in [6.07, 6.45) is 9.30. The van der Waals surface area contributed by atoms with Crippen LogP contribution in [0.25, 0.3) is 0 Å². The van der Waals surface area contributed by atoms with Gasteiger partial charge in [-0.3, -0.25) is 9.69 Å². The van der Waals surface area contributed by atoms with Crippen LogP contribution >= 0.6 is 0 Å². The van der Waals surface area contributed by atoms with Crippen LogP contribution in [-0.4, -0.2) is 57.5 Å². The lowest BCUT2D eigenvalue weighted by molar-refractivity contribution is -0.146. The number of likely N-dealkylation sites (tertiary alicyclic amines) is 2. The Kier molecular flexibility index (Phi) is 4.26. The molecule has 0 aliphatic carbocycles. The van der Waals surface area contributed by atoms with Crippen LogP contribution < -0.4 is 0 Å². The van der Waals surface area contributed by atoms with E-state index >= 15 is 0 Å². The van der Waals surface area contributed by atoms with Crippen LogP contribution in [-0.2, 0) is 11.8 Å². The summed E-state index contributed by atoms with van der Waals surface area (Å²) in [5.41, 5.74) is 1.01. The summed E-state index contributed by atoms with van der Waals surface area (Å²) in [7, 11) is 4.15. The average molecular weight is 304 g/mol. The molecule has 3 heterocycles. The highest BCUT2D eigenvalue weighted by Gasteiger charge is 2.42. The van der Waals surface area contributed by atoms with Crippen molar-refractivity contribution in [1.29, 1.82) is 0 Å². The van der Waals surface area contributed by atoms with Crippen molar-refractivity contribution in [2.24, 2.45) is 7.05 Å². The Morgan fingerprint density at radius 3 is 2.55 bits per heavy atom. The first-order chi connectivity index (χ1) is 10.5. The summed E-state index contributed by atoms with van der Waals surface area (Å²) < 4.78 is 2.11. The zero-order chi connectivity index (χ0) is 15.7. The minimum atomic E-state index is -0.294. The predicted octanol–water partition coefficient (Wildman–Crippen LogP) is 2.00. The molecule has 0 spiro atoms. The van der Waals surface area contributed by atoms with E-state index in [4.69, 9.17) is 0 Å². The lowest BCUT2D eigenvalue weighted by Gasteiger charge is -2.45. The highest BCUT2D eigenvalue weighted by atomic mass is 16.2. The van der Waals surface area contributed by atoms with Gasteiger partial charge in [-0.2, -0.15) is 0 Å². The minimum absolute atomic E-state index is 0.294. The van der Waals surface area contributed by atoms with Crippen molar-refractivity contribution in [3.05, 3.63) is 18.2 Å². The Balaban J connectivity index is 1.63. The second kappa shape index (κ2) is 6.03. The summed E-state index contributed by atoms with van der Waals surface area (Å²) in [6, 6.07) is 0. The van der Waals surface area contributed by atoms with Gasteiger partial charge in [0.1, 0.15) is 0 Å². The summed E-state index contributed by atoms with van der Waals surface area (Å²) in [6.45, 7) is 4.91. The maximum Gasteiger partial charge on any atom is 0.242 e. The molecule has 1 aromatic rings. The Labute approximate surface area is 133 Å². The topological polar surface area (TPSA) is 41.4 Å². The first kappa shape index (κ1) is 15.5. The highest BCUT2D eigenvalue weighted by molar-refractivity contribution is 5.86. The Morgan fingerprint density at radius 1 is 1.23 bits per heavy atom. The van der Waals surface area contributed by atoms with Crippen LogP contribution in [0.4, 0.5) is 0 Å². The summed E-state index contributed by atoms with van der Waals surface area (Å²) in [4.78, 5) is 21.6. The quantitative estimate of drug-likeness (QED) is 0.839. The van der Waals surface area contributed by atoms with Crippen LogP contribution in [0, 0.1) is 0 Å². The number of amides is 1. The molecule has 1 aromatic heterocycles. The number of carbonyl (C=O) groups excluding carboxylic acids is 1. The molecule has 0 N–H and O–H groups in total. The zero-order valence-corrected chi connectivity index (χ0v) is 14.1. The SMILES string of the molecule is CN1CCCCC1(C)C(=O)N1CCC(c2cncn2C)CC1. The predicted molar refractivity (Wildman–Crippen MR) is 86.6 cm³/mol. The average Bonchev–Trinajstić information content (AvgIpc) is 2.96. The molecule has 5 nitrogen and oxygen atoms in total. The van der Waals surface area contributed by atoms with Gasteiger partial charge >= 0.3 is 0 Å². The first-order valence-electron chi connectivity index (χ1n) is 8.49. The van der Waals surface area contributed by atoms with Crippen LogP contribution in [0.1, 0.15) is 50.6 Å². The maximum absolute atomic E-state index is 13.0. The number of piperidine rings is 2. The van der Waals surface area contributed by atoms with Crippen LogP contribution in [0.5, 0.6) is 0 Å². The Morgan fingerprint density at radius 2 is 1.95 bits per heavy atom. The third kappa shape index (κ3) is 2.67. The summed E-state index contributed by atoms with van der Waals surface area (Å²) >= 11 is 0. The van der Waals surface area contributed by atoms with E-state index in [1.165, 1.54) is 12.1 Å². The van der Waals surface area contributed by atoms with Gasteiger partial charge in [0.15, 0.2) is 0 Å². The molecule has 2 aliphatic rings. The molecule has 2 aliphatic heterocycles. The van der Waals surface area contributed by atoms with Gasteiger partial charge < -0.3 is 9.47 Å². The van der Waals surface area contributed by atoms with E-state index in [1.807, 2.05) is 12.5 Å². The lowest BCUT2D eigenvalue weighted by atomic mass is 9.86. The highest BCUT2D eigenvalue weighted by Crippen LogP contribution is 2.32. The van der Waals surface area contributed by atoms with Crippen molar-refractivity contribution in [3.63, 3.8) is 0 Å². The Bertz CT molecular complexity index is 533. The van der Waals surface area contributed by atoms with Gasteiger partial charge in [0.05, 0.1) is 11.9 Å². The fourth-order valence-electron chi connectivity index (χ4n) is 4.01. The largest absolute Gasteiger partial charge is 0.341 e. The van der Waals surface area contributed by atoms with Gasteiger partial charge in [-0.1, -0.05) is 0 Å². The van der Waals surface area contributed by atoms with E-state index < -0.39 is 0 Å². The smallest absolute Gasteiger partial charge is 0.242 e. The van der Waals surface area contributed by atoms with Gasteiger partial charge in [0, 0.05) is 37.9 Å². The third-order valence-corrected chi connectivity index (χ3v) is 5.76. The molecule has 0 aromatic carbocycles. The van der Waals surface area contributed by atoms with Gasteiger partial charge in [0.2, 0.25) is 5.91 Å². The van der Waals surface area contributed by atoms with Gasteiger partial charge in [0.25, 0.3) is 0 Å². The van der Waals surface area contributed by atoms with E-state index in [2.05, 4.69) is 40.4 Å². The van der Waals surface area contributed by atoms with Crippen molar-refractivity contribution >= 4 is 5.91 Å². The van der Waals surface area contributed by atoms with E-state index in [0.717, 1.165) is 45.3 Å². The number of hydrogen-bond donors (Lipinski definition) is 0. The number of carbonyl (C=O) groups is 1. The standard InChI is InChI=1S/C17H28N4O/c1-17(8-4-5-9-20(17)3)16(22)21-10-6-14(7-11-21)15-12-18-13-19(15)2/h12-14H,4-11H2,1-3H3. The van der Waals surface area contributed by atoms with Crippen LogP contribution in [0.3, 0.4) is 0 Å². The van der Waals surface area contributed by atoms with Crippen molar-refractivity contribution in [2.45, 2.75) is 50.5 Å². The third-order valence-electron chi connectivity index (χ3n) is 5.76. The van der Waals surface area contributed by atoms with Gasteiger partial charge in [-0.05, 0) is 52.6 Å². The molecule has 0 saturated carbocycles. The molecular weight excluding hydrogens is 276 g/mol. The second-order valence-electron chi connectivity index (χ2n) is 7.15. The number of imidazole rings is 1. The minimum Gasteiger partial charge on any atom is -0.341 e. The molecule has 22 heavy (non-hydrogen) atoms. The van der Waals surface area contributed by atoms with Crippen LogP contribution in [0.2, 0.25) is 0 Å². The summed E-state index contributed by atoms with van der Waals surface area (Å²) in [5, 5.41) is 0. The fourth-order valence-corrected chi connectivity index (χ4v) is 4.01. The van der Waals surface area contributed by atoms with Crippen molar-refractivity contribution in [2.75, 3.05) is 26.7 Å². The zero-order valence-electron chi connectivity index (χ0n) is 14.1. The number of nitrogens with zero attached hydrogens (tertiary/aromatic N) is 4. The second-order valence-corrected chi connectivity index (χ2v) is 7.15. The molecule has 1 amide bonds. The Hall–Kier alpha value is -1.36. The molecule has 122 valence electrons. The number of hydrogen-bond acceptors (Lipinski definition) is 3. The molecule has 0 radical (unpaired) electrons. The van der Waals surface area contributed by atoms with Crippen LogP contribution in [0.15, 0.2) is 12.5 Å². The van der Waals surface area contributed by atoms with Crippen molar-refractivity contribution in [3.8, 4) is 0 Å². The van der Waals surface area contributed by atoms with Crippen molar-refractivity contribution < 1.29 is 4.79 Å². The van der Waals surface area contributed by atoms with Gasteiger partial charge in [-0.25, -0.2) is 4.98 Å². The van der Waals surface area contributed by atoms with Gasteiger partial charge in [-0.15, -0.1) is 0 Å². The molecule has 2 saturated heterocycles. The van der Waals surface area contributed by atoms with E-state index in [-0.39, 0.29) is 5.54 Å². The monoisotopic (exact) mass is 304 g/mol. The normalized spacial score (nSPS) is 28.0. The number of aryl methyl sites for hydroxylation is 1. The first-order valence-corrected chi connectivity index (χ1v) is 8.49. The summed E-state index contributed by atoms with van der Waals surface area (Å²) in [5.74, 6) is 0.867. The number of likely N-dealkylation sites (N-methyl/N-ethyl adjacent to an activating group) is 1. The molecule has 0 bridgehead atoms. The lowest BCUT2D eigenvalue weighted by Crippen LogP contribution is -2.59. The maximum atomic E-state index is 13.0. The molecule has 2 fully saturated rings. The molecule has 5 heteroatoms. The van der Waals surface area contributed by atoms with Crippen molar-refractivity contribution in [1.82, 2.24) is 19.4 Å². The van der Waals surface area contributed by atoms with E-state index in [9.17, 15) is 4.79 Å². The number of aromatic nitrogens is 2. The molecule has 3 rings (SSSR count). The molecule has 1 atom stereocenters. The fraction of sp³-hybridized carbons (Fsp3) is 0.765. The molecule has 1 unspecified atom stereocenters. The van der Waals surface area contributed by atoms with E-state index in [1.54, 1.807) is 0 Å². The number of rotatable bonds is 2. The molecular formula is C17H28N4O.